The highest BCUT2D eigenvalue weighted by molar-refractivity contribution is 6.08. The first-order chi connectivity index (χ1) is 5.58. The highest BCUT2D eigenvalue weighted by Crippen LogP contribution is 2.57. The van der Waals surface area contributed by atoms with Gasteiger partial charge in [0, 0.05) is 0 Å². The number of carbonyl (C=O) groups is 2. The minimum atomic E-state index is -0.286. The Balaban J connectivity index is 2.31. The molecule has 3 heteroatoms. The highest BCUT2D eigenvalue weighted by Gasteiger charge is 2.63. The third kappa shape index (κ3) is 0.765. The van der Waals surface area contributed by atoms with E-state index < -0.39 is 0 Å². The zero-order valence-corrected chi connectivity index (χ0v) is 7.39. The lowest BCUT2D eigenvalue weighted by Crippen LogP contribution is -2.24. The van der Waals surface area contributed by atoms with Crippen LogP contribution in [0.2, 0.25) is 0 Å². The van der Waals surface area contributed by atoms with Crippen LogP contribution in [-0.2, 0) is 9.59 Å². The molecule has 0 radical (unpaired) electrons. The van der Waals surface area contributed by atoms with E-state index in [1.165, 1.54) is 0 Å². The number of amides is 2. The fourth-order valence-corrected chi connectivity index (χ4v) is 2.32. The molecule has 1 unspecified atom stereocenters. The van der Waals surface area contributed by atoms with Gasteiger partial charge in [0.15, 0.2) is 0 Å². The largest absolute Gasteiger partial charge is 0.296 e. The second kappa shape index (κ2) is 2.09. The summed E-state index contributed by atoms with van der Waals surface area (Å²) < 4.78 is 0. The van der Waals surface area contributed by atoms with Gasteiger partial charge in [-0.3, -0.25) is 14.9 Å². The molecular weight excluding hydrogens is 154 g/mol. The lowest BCUT2D eigenvalue weighted by atomic mass is 9.83. The van der Waals surface area contributed by atoms with Gasteiger partial charge in [0.05, 0.1) is 11.3 Å². The number of hydrogen-bond donors (Lipinski definition) is 1. The Hall–Kier alpha value is -0.860. The molecule has 0 aromatic rings. The van der Waals surface area contributed by atoms with Gasteiger partial charge in [-0.2, -0.15) is 0 Å². The summed E-state index contributed by atoms with van der Waals surface area (Å²) in [4.78, 5) is 22.7. The fraction of sp³-hybridized carbons (Fsp3) is 0.778. The average molecular weight is 167 g/mol. The summed E-state index contributed by atoms with van der Waals surface area (Å²) in [5.41, 5.74) is -0.286. The molecule has 2 rings (SSSR count). The Morgan fingerprint density at radius 2 is 2.00 bits per heavy atom. The van der Waals surface area contributed by atoms with Crippen LogP contribution in [0.5, 0.6) is 0 Å². The molecule has 1 saturated carbocycles. The van der Waals surface area contributed by atoms with Crippen LogP contribution in [0.25, 0.3) is 0 Å². The first-order valence-electron chi connectivity index (χ1n) is 4.43. The Kier molecular flexibility index (Phi) is 1.35. The monoisotopic (exact) mass is 167 g/mol. The summed E-state index contributed by atoms with van der Waals surface area (Å²) in [7, 11) is 0. The Bertz CT molecular complexity index is 253. The van der Waals surface area contributed by atoms with E-state index in [2.05, 4.69) is 5.32 Å². The molecule has 1 aliphatic carbocycles. The van der Waals surface area contributed by atoms with Gasteiger partial charge in [-0.15, -0.1) is 0 Å². The summed E-state index contributed by atoms with van der Waals surface area (Å²) in [5.74, 6) is 0.114. The molecule has 66 valence electrons. The van der Waals surface area contributed by atoms with Crippen molar-refractivity contribution >= 4 is 11.8 Å². The molecule has 12 heavy (non-hydrogen) atoms. The Morgan fingerprint density at radius 1 is 1.42 bits per heavy atom. The van der Waals surface area contributed by atoms with E-state index in [9.17, 15) is 9.59 Å². The van der Waals surface area contributed by atoms with Crippen molar-refractivity contribution in [2.75, 3.05) is 0 Å². The maximum Gasteiger partial charge on any atom is 0.233 e. The van der Waals surface area contributed by atoms with Crippen molar-refractivity contribution < 1.29 is 9.59 Å². The van der Waals surface area contributed by atoms with Crippen molar-refractivity contribution in [1.82, 2.24) is 5.32 Å². The van der Waals surface area contributed by atoms with Gasteiger partial charge in [0.1, 0.15) is 0 Å². The molecule has 1 heterocycles. The minimum Gasteiger partial charge on any atom is -0.296 e. The minimum absolute atomic E-state index is 0.0359. The molecule has 1 atom stereocenters. The predicted molar refractivity (Wildman–Crippen MR) is 43.1 cm³/mol. The Morgan fingerprint density at radius 3 is 2.33 bits per heavy atom. The van der Waals surface area contributed by atoms with Gasteiger partial charge in [-0.1, -0.05) is 13.8 Å². The molecular formula is C9H13NO2. The smallest absolute Gasteiger partial charge is 0.233 e. The van der Waals surface area contributed by atoms with Crippen LogP contribution in [0.1, 0.15) is 26.7 Å². The van der Waals surface area contributed by atoms with E-state index in [-0.39, 0.29) is 29.1 Å². The topological polar surface area (TPSA) is 46.2 Å². The van der Waals surface area contributed by atoms with Gasteiger partial charge < -0.3 is 0 Å². The van der Waals surface area contributed by atoms with E-state index >= 15 is 0 Å². The van der Waals surface area contributed by atoms with Crippen LogP contribution in [0, 0.1) is 17.3 Å². The van der Waals surface area contributed by atoms with Crippen LogP contribution in [0.4, 0.5) is 0 Å². The zero-order chi connectivity index (χ0) is 8.93. The average Bonchev–Trinajstić information content (AvgIpc) is 2.63. The summed E-state index contributed by atoms with van der Waals surface area (Å²) >= 11 is 0. The van der Waals surface area contributed by atoms with Crippen molar-refractivity contribution in [3.05, 3.63) is 0 Å². The van der Waals surface area contributed by atoms with E-state index in [0.29, 0.717) is 0 Å². The number of nitrogens with one attached hydrogen (secondary N) is 1. The van der Waals surface area contributed by atoms with Gasteiger partial charge >= 0.3 is 0 Å². The normalized spacial score (nSPS) is 31.4. The molecule has 1 saturated heterocycles. The molecule has 0 bridgehead atoms. The number of rotatable bonds is 1. The highest BCUT2D eigenvalue weighted by atomic mass is 16.2. The van der Waals surface area contributed by atoms with Gasteiger partial charge in [-0.05, 0) is 18.8 Å². The van der Waals surface area contributed by atoms with E-state index in [1.807, 2.05) is 13.8 Å². The molecule has 2 fully saturated rings. The fourth-order valence-electron chi connectivity index (χ4n) is 2.32. The first-order valence-corrected chi connectivity index (χ1v) is 4.43. The maximum absolute atomic E-state index is 11.4. The summed E-state index contributed by atoms with van der Waals surface area (Å²) in [6, 6.07) is 0. The molecule has 2 amide bonds. The molecule has 0 aromatic heterocycles. The second-order valence-corrected chi connectivity index (χ2v) is 4.20. The molecule has 1 N–H and O–H groups in total. The number of hydrogen-bond acceptors (Lipinski definition) is 2. The van der Waals surface area contributed by atoms with Crippen molar-refractivity contribution in [3.8, 4) is 0 Å². The van der Waals surface area contributed by atoms with Crippen molar-refractivity contribution in [3.63, 3.8) is 0 Å². The van der Waals surface area contributed by atoms with E-state index in [4.69, 9.17) is 0 Å². The lowest BCUT2D eigenvalue weighted by Gasteiger charge is -2.16. The van der Waals surface area contributed by atoms with Crippen molar-refractivity contribution in [1.29, 1.82) is 0 Å². The molecule has 3 nitrogen and oxygen atoms in total. The zero-order valence-electron chi connectivity index (χ0n) is 7.39. The van der Waals surface area contributed by atoms with Gasteiger partial charge in [0.2, 0.25) is 11.8 Å². The van der Waals surface area contributed by atoms with Crippen LogP contribution in [-0.4, -0.2) is 11.8 Å². The quantitative estimate of drug-likeness (QED) is 0.584. The van der Waals surface area contributed by atoms with Crippen LogP contribution < -0.4 is 5.32 Å². The third-order valence-corrected chi connectivity index (χ3v) is 3.02. The number of imide groups is 1. The third-order valence-electron chi connectivity index (χ3n) is 3.02. The SMILES string of the molecule is CC(C)C1C(=O)NC(=O)C12CC2. The van der Waals surface area contributed by atoms with Crippen molar-refractivity contribution in [2.24, 2.45) is 17.3 Å². The lowest BCUT2D eigenvalue weighted by molar-refractivity contribution is -0.126. The van der Waals surface area contributed by atoms with Crippen molar-refractivity contribution in [2.45, 2.75) is 26.7 Å². The standard InChI is InChI=1S/C9H13NO2/c1-5(2)6-7(11)10-8(12)9(6)3-4-9/h5-6H,3-4H2,1-2H3,(H,10,11,12). The summed E-state index contributed by atoms with van der Waals surface area (Å²) in [6.07, 6.45) is 1.79. The van der Waals surface area contributed by atoms with Crippen LogP contribution >= 0.6 is 0 Å². The second-order valence-electron chi connectivity index (χ2n) is 4.20. The predicted octanol–water partition coefficient (Wildman–Crippen LogP) is 0.695. The molecule has 1 spiro atoms. The Labute approximate surface area is 71.5 Å². The van der Waals surface area contributed by atoms with Gasteiger partial charge in [0.25, 0.3) is 0 Å². The summed E-state index contributed by atoms with van der Waals surface area (Å²) in [6.45, 7) is 4.01. The van der Waals surface area contributed by atoms with Gasteiger partial charge in [-0.25, -0.2) is 0 Å². The molecule has 2 aliphatic rings. The van der Waals surface area contributed by atoms with Crippen LogP contribution in [0.15, 0.2) is 0 Å². The van der Waals surface area contributed by atoms with Crippen LogP contribution in [0.3, 0.4) is 0 Å². The summed E-state index contributed by atoms with van der Waals surface area (Å²) in [5, 5.41) is 2.42. The van der Waals surface area contributed by atoms with E-state index in [0.717, 1.165) is 12.8 Å². The van der Waals surface area contributed by atoms with E-state index in [1.54, 1.807) is 0 Å². The first kappa shape index (κ1) is 7.77. The number of carbonyl (C=O) groups excluding carboxylic acids is 2. The maximum atomic E-state index is 11.4. The molecule has 0 aromatic carbocycles. The molecule has 1 aliphatic heterocycles.